The molecule has 0 radical (unpaired) electrons. The van der Waals surface area contributed by atoms with Gasteiger partial charge in [-0.05, 0) is 81.1 Å². The molecule has 1 heterocycles. The van der Waals surface area contributed by atoms with Gasteiger partial charge in [-0.3, -0.25) is 14.9 Å². The fraction of sp³-hybridized carbons (Fsp3) is 0.346. The van der Waals surface area contributed by atoms with E-state index in [-0.39, 0.29) is 11.0 Å². The summed E-state index contributed by atoms with van der Waals surface area (Å²) in [5, 5.41) is 6.19. The molecule has 35 heavy (non-hydrogen) atoms. The number of rotatable bonds is 8. The molecule has 0 atom stereocenters. The van der Waals surface area contributed by atoms with Gasteiger partial charge in [0.1, 0.15) is 28.6 Å². The number of nitrogens with zero attached hydrogens (tertiary/aromatic N) is 1. The molecule has 2 N–H and O–H groups in total. The molecule has 9 heteroatoms. The van der Waals surface area contributed by atoms with E-state index >= 15 is 0 Å². The normalized spacial score (nSPS) is 14.1. The van der Waals surface area contributed by atoms with E-state index in [0.29, 0.717) is 34.4 Å². The molecule has 4 rings (SSSR count). The highest BCUT2D eigenvalue weighted by molar-refractivity contribution is 7.18. The molecule has 1 aromatic heterocycles. The summed E-state index contributed by atoms with van der Waals surface area (Å²) in [5.41, 5.74) is -0.169. The van der Waals surface area contributed by atoms with Crippen LogP contribution in [0.25, 0.3) is 11.3 Å². The summed E-state index contributed by atoms with van der Waals surface area (Å²) in [7, 11) is 0. The number of thiazole rings is 1. The van der Waals surface area contributed by atoms with Gasteiger partial charge in [0.05, 0.1) is 0 Å². The third-order valence-corrected chi connectivity index (χ3v) is 6.78. The summed E-state index contributed by atoms with van der Waals surface area (Å²) in [6, 6.07) is 11.2. The minimum Gasteiger partial charge on any atom is -0.444 e. The Hall–Kier alpha value is -3.33. The molecular formula is C26H27F2N3O3S. The number of carbonyl (C=O) groups excluding carboxylic acids is 2. The Labute approximate surface area is 206 Å². The van der Waals surface area contributed by atoms with Crippen LogP contribution in [0.1, 0.15) is 46.0 Å². The first-order chi connectivity index (χ1) is 16.7. The summed E-state index contributed by atoms with van der Waals surface area (Å²) in [4.78, 5) is 30.0. The van der Waals surface area contributed by atoms with Crippen LogP contribution in [-0.2, 0) is 9.59 Å². The average Bonchev–Trinajstić information content (AvgIpc) is 3.45. The van der Waals surface area contributed by atoms with Gasteiger partial charge in [-0.25, -0.2) is 13.8 Å². The summed E-state index contributed by atoms with van der Waals surface area (Å²) in [6.45, 7) is 3.28. The van der Waals surface area contributed by atoms with E-state index in [1.807, 2.05) is 0 Å². The molecular weight excluding hydrogens is 472 g/mol. The number of benzene rings is 2. The zero-order valence-electron chi connectivity index (χ0n) is 19.6. The van der Waals surface area contributed by atoms with Crippen molar-refractivity contribution in [3.63, 3.8) is 0 Å². The molecule has 0 saturated heterocycles. The van der Waals surface area contributed by atoms with Crippen molar-refractivity contribution in [1.82, 2.24) is 10.3 Å². The molecule has 1 fully saturated rings. The van der Waals surface area contributed by atoms with Crippen LogP contribution >= 0.6 is 11.3 Å². The first-order valence-corrected chi connectivity index (χ1v) is 12.3. The van der Waals surface area contributed by atoms with E-state index < -0.39 is 23.1 Å². The number of ether oxygens (including phenoxy) is 1. The maximum absolute atomic E-state index is 13.5. The van der Waals surface area contributed by atoms with E-state index in [9.17, 15) is 18.4 Å². The number of hydrogen-bond donors (Lipinski definition) is 2. The van der Waals surface area contributed by atoms with Gasteiger partial charge in [0.25, 0.3) is 5.91 Å². The van der Waals surface area contributed by atoms with E-state index in [1.165, 1.54) is 36.4 Å². The van der Waals surface area contributed by atoms with Gasteiger partial charge < -0.3 is 10.1 Å². The van der Waals surface area contributed by atoms with Crippen LogP contribution in [0.4, 0.5) is 13.9 Å². The number of halogens is 2. The lowest BCUT2D eigenvalue weighted by Crippen LogP contribution is -2.52. The lowest BCUT2D eigenvalue weighted by atomic mass is 10.0. The van der Waals surface area contributed by atoms with Crippen molar-refractivity contribution in [2.75, 3.05) is 5.32 Å². The highest BCUT2D eigenvalue weighted by Gasteiger charge is 2.32. The summed E-state index contributed by atoms with van der Waals surface area (Å²) in [5.74, 6) is -0.610. The van der Waals surface area contributed by atoms with Gasteiger partial charge in [-0.15, -0.1) is 0 Å². The SMILES string of the molecule is CC(C)(NC(=O)CC1CCCC1)C(=O)Nc1nc(-c2ccc(F)cc2)c(Oc2ccc(F)cc2)s1. The van der Waals surface area contributed by atoms with Crippen molar-refractivity contribution < 1.29 is 23.1 Å². The van der Waals surface area contributed by atoms with E-state index in [1.54, 1.807) is 26.0 Å². The predicted molar refractivity (Wildman–Crippen MR) is 131 cm³/mol. The molecule has 0 bridgehead atoms. The lowest BCUT2D eigenvalue weighted by Gasteiger charge is -2.25. The van der Waals surface area contributed by atoms with Crippen molar-refractivity contribution in [1.29, 1.82) is 0 Å². The largest absolute Gasteiger partial charge is 0.444 e. The third kappa shape index (κ3) is 6.42. The molecule has 0 aliphatic heterocycles. The van der Waals surface area contributed by atoms with Crippen molar-refractivity contribution >= 4 is 28.3 Å². The third-order valence-electron chi connectivity index (χ3n) is 5.93. The van der Waals surface area contributed by atoms with Crippen LogP contribution in [0, 0.1) is 17.6 Å². The van der Waals surface area contributed by atoms with E-state index in [4.69, 9.17) is 4.74 Å². The van der Waals surface area contributed by atoms with Gasteiger partial charge >= 0.3 is 0 Å². The topological polar surface area (TPSA) is 80.3 Å². The second kappa shape index (κ2) is 10.5. The Kier molecular flexibility index (Phi) is 7.45. The van der Waals surface area contributed by atoms with Crippen molar-refractivity contribution in [3.8, 4) is 22.1 Å². The predicted octanol–water partition coefficient (Wildman–Crippen LogP) is 6.29. The first-order valence-electron chi connectivity index (χ1n) is 11.5. The highest BCUT2D eigenvalue weighted by atomic mass is 32.1. The van der Waals surface area contributed by atoms with Crippen LogP contribution in [-0.4, -0.2) is 22.3 Å². The minimum atomic E-state index is -1.16. The van der Waals surface area contributed by atoms with Gasteiger partial charge in [0.15, 0.2) is 5.13 Å². The average molecular weight is 500 g/mol. The van der Waals surface area contributed by atoms with Gasteiger partial charge in [-0.1, -0.05) is 24.2 Å². The van der Waals surface area contributed by atoms with Gasteiger partial charge in [0, 0.05) is 12.0 Å². The van der Waals surface area contributed by atoms with Crippen LogP contribution < -0.4 is 15.4 Å². The Morgan fingerprint density at radius 3 is 2.26 bits per heavy atom. The summed E-state index contributed by atoms with van der Waals surface area (Å²) in [6.07, 6.45) is 4.79. The van der Waals surface area contributed by atoms with Crippen LogP contribution in [0.3, 0.4) is 0 Å². The Bertz CT molecular complexity index is 1190. The van der Waals surface area contributed by atoms with E-state index in [0.717, 1.165) is 37.0 Å². The monoisotopic (exact) mass is 499 g/mol. The van der Waals surface area contributed by atoms with E-state index in [2.05, 4.69) is 15.6 Å². The Balaban J connectivity index is 1.52. The minimum absolute atomic E-state index is 0.150. The van der Waals surface area contributed by atoms with Crippen molar-refractivity contribution in [2.24, 2.45) is 5.92 Å². The molecule has 2 aromatic carbocycles. The Morgan fingerprint density at radius 1 is 1.03 bits per heavy atom. The molecule has 3 aromatic rings. The highest BCUT2D eigenvalue weighted by Crippen LogP contribution is 2.41. The maximum atomic E-state index is 13.5. The number of nitrogens with one attached hydrogen (secondary N) is 2. The Morgan fingerprint density at radius 2 is 1.63 bits per heavy atom. The number of amides is 2. The molecule has 6 nitrogen and oxygen atoms in total. The zero-order valence-corrected chi connectivity index (χ0v) is 20.4. The lowest BCUT2D eigenvalue weighted by molar-refractivity contribution is -0.129. The first kappa shape index (κ1) is 24.8. The second-order valence-electron chi connectivity index (χ2n) is 9.20. The van der Waals surface area contributed by atoms with Crippen LogP contribution in [0.2, 0.25) is 0 Å². The quantitative estimate of drug-likeness (QED) is 0.382. The number of anilines is 1. The molecule has 1 saturated carbocycles. The molecule has 1 aliphatic carbocycles. The standard InChI is InChI=1S/C26H27F2N3O3S/c1-26(2,31-21(32)15-16-5-3-4-6-16)24(33)30-25-29-22(17-7-9-18(27)10-8-17)23(35-25)34-20-13-11-19(28)12-14-20/h7-14,16H,3-6,15H2,1-2H3,(H,31,32)(H,29,30,33). The van der Waals surface area contributed by atoms with Crippen LogP contribution in [0.15, 0.2) is 48.5 Å². The molecule has 2 amide bonds. The van der Waals surface area contributed by atoms with Gasteiger partial charge in [0.2, 0.25) is 11.0 Å². The van der Waals surface area contributed by atoms with Gasteiger partial charge in [-0.2, -0.15) is 0 Å². The second-order valence-corrected chi connectivity index (χ2v) is 10.2. The zero-order chi connectivity index (χ0) is 25.0. The smallest absolute Gasteiger partial charge is 0.251 e. The molecule has 0 unspecified atom stereocenters. The number of carbonyl (C=O) groups is 2. The summed E-state index contributed by atoms with van der Waals surface area (Å²) < 4.78 is 32.7. The molecule has 184 valence electrons. The fourth-order valence-corrected chi connectivity index (χ4v) is 4.87. The maximum Gasteiger partial charge on any atom is 0.251 e. The van der Waals surface area contributed by atoms with Crippen LogP contribution in [0.5, 0.6) is 10.8 Å². The summed E-state index contributed by atoms with van der Waals surface area (Å²) >= 11 is 1.08. The van der Waals surface area contributed by atoms with Crippen molar-refractivity contribution in [3.05, 3.63) is 60.2 Å². The molecule has 1 aliphatic rings. The number of hydrogen-bond acceptors (Lipinski definition) is 5. The molecule has 0 spiro atoms. The number of aromatic nitrogens is 1. The fourth-order valence-electron chi connectivity index (χ4n) is 4.02. The van der Waals surface area contributed by atoms with Crippen molar-refractivity contribution in [2.45, 2.75) is 51.5 Å².